The van der Waals surface area contributed by atoms with Crippen LogP contribution in [0.2, 0.25) is 0 Å². The Balaban J connectivity index is 1.96. The summed E-state index contributed by atoms with van der Waals surface area (Å²) in [6.45, 7) is 4.19. The number of aryl methyl sites for hydroxylation is 1. The first-order valence-electron chi connectivity index (χ1n) is 8.65. The molecule has 0 bridgehead atoms. The van der Waals surface area contributed by atoms with Crippen LogP contribution in [0.15, 0.2) is 41.7 Å². The molecule has 0 aliphatic rings. The highest BCUT2D eigenvalue weighted by molar-refractivity contribution is 5.79. The van der Waals surface area contributed by atoms with Gasteiger partial charge in [-0.05, 0) is 33.0 Å². The summed E-state index contributed by atoms with van der Waals surface area (Å²) in [7, 11) is 6.10. The summed E-state index contributed by atoms with van der Waals surface area (Å²) >= 11 is 0. The molecule has 0 saturated heterocycles. The zero-order valence-electron chi connectivity index (χ0n) is 15.6. The highest BCUT2D eigenvalue weighted by atomic mass is 15.3. The third-order valence-electron chi connectivity index (χ3n) is 4.08. The van der Waals surface area contributed by atoms with Crippen molar-refractivity contribution in [1.82, 2.24) is 30.3 Å². The SMILES string of the molecule is CCNC(=NCc1ncnn1C)NCC(Cc1ccccc1)N(C)C. The molecule has 0 saturated carbocycles. The maximum absolute atomic E-state index is 4.61. The fourth-order valence-electron chi connectivity index (χ4n) is 2.49. The lowest BCUT2D eigenvalue weighted by Crippen LogP contribution is -2.46. The number of likely N-dealkylation sites (N-methyl/N-ethyl adjacent to an activating group) is 1. The Morgan fingerprint density at radius 2 is 2.00 bits per heavy atom. The van der Waals surface area contributed by atoms with Gasteiger partial charge in [0.15, 0.2) is 5.96 Å². The number of aliphatic imine (C=N–C) groups is 1. The highest BCUT2D eigenvalue weighted by Crippen LogP contribution is 2.06. The Bertz CT molecular complexity index is 648. The van der Waals surface area contributed by atoms with E-state index >= 15 is 0 Å². The van der Waals surface area contributed by atoms with Crippen molar-refractivity contribution in [1.29, 1.82) is 0 Å². The van der Waals surface area contributed by atoms with Crippen LogP contribution in [0.5, 0.6) is 0 Å². The second-order valence-corrected chi connectivity index (χ2v) is 6.18. The monoisotopic (exact) mass is 343 g/mol. The molecule has 1 atom stereocenters. The van der Waals surface area contributed by atoms with E-state index in [1.54, 1.807) is 11.0 Å². The molecular weight excluding hydrogens is 314 g/mol. The van der Waals surface area contributed by atoms with Gasteiger partial charge in [0.25, 0.3) is 0 Å². The molecule has 2 N–H and O–H groups in total. The van der Waals surface area contributed by atoms with Crippen molar-refractivity contribution in [2.45, 2.75) is 25.9 Å². The van der Waals surface area contributed by atoms with Gasteiger partial charge in [-0.1, -0.05) is 30.3 Å². The fourth-order valence-corrected chi connectivity index (χ4v) is 2.49. The second kappa shape index (κ2) is 9.78. The minimum absolute atomic E-state index is 0.376. The Labute approximate surface area is 150 Å². The van der Waals surface area contributed by atoms with Gasteiger partial charge in [0.1, 0.15) is 18.7 Å². The molecule has 2 rings (SSSR count). The smallest absolute Gasteiger partial charge is 0.191 e. The predicted octanol–water partition coefficient (Wildman–Crippen LogP) is 1.04. The van der Waals surface area contributed by atoms with Gasteiger partial charge in [0.05, 0.1) is 0 Å². The van der Waals surface area contributed by atoms with Crippen LogP contribution in [0.25, 0.3) is 0 Å². The Morgan fingerprint density at radius 1 is 1.24 bits per heavy atom. The minimum atomic E-state index is 0.376. The van der Waals surface area contributed by atoms with Crippen molar-refractivity contribution < 1.29 is 0 Å². The molecule has 1 aromatic heterocycles. The first kappa shape index (κ1) is 18.9. The van der Waals surface area contributed by atoms with Crippen molar-refractivity contribution in [3.63, 3.8) is 0 Å². The predicted molar refractivity (Wildman–Crippen MR) is 101 cm³/mol. The number of nitrogens with one attached hydrogen (secondary N) is 2. The van der Waals surface area contributed by atoms with Gasteiger partial charge >= 0.3 is 0 Å². The molecule has 1 heterocycles. The van der Waals surface area contributed by atoms with Gasteiger partial charge in [-0.25, -0.2) is 9.98 Å². The van der Waals surface area contributed by atoms with E-state index in [0.29, 0.717) is 12.6 Å². The molecule has 0 aliphatic heterocycles. The summed E-state index contributed by atoms with van der Waals surface area (Å²) in [5, 5.41) is 10.8. The van der Waals surface area contributed by atoms with Crippen LogP contribution in [0, 0.1) is 0 Å². The number of rotatable bonds is 8. The number of hydrogen-bond acceptors (Lipinski definition) is 4. The molecule has 0 aliphatic carbocycles. The molecule has 0 amide bonds. The zero-order chi connectivity index (χ0) is 18.1. The molecule has 0 spiro atoms. The van der Waals surface area contributed by atoms with Gasteiger partial charge in [-0.15, -0.1) is 0 Å². The van der Waals surface area contributed by atoms with Crippen LogP contribution >= 0.6 is 0 Å². The first-order chi connectivity index (χ1) is 12.1. The Hall–Kier alpha value is -2.41. The van der Waals surface area contributed by atoms with Crippen molar-refractivity contribution >= 4 is 5.96 Å². The van der Waals surface area contributed by atoms with Gasteiger partial charge in [-0.2, -0.15) is 5.10 Å². The molecule has 7 heteroatoms. The second-order valence-electron chi connectivity index (χ2n) is 6.18. The van der Waals surface area contributed by atoms with E-state index in [1.807, 2.05) is 7.05 Å². The molecule has 136 valence electrons. The van der Waals surface area contributed by atoms with Crippen molar-refractivity contribution in [3.8, 4) is 0 Å². The standard InChI is InChI=1S/C18H29N7/c1-5-19-18(21-13-17-22-14-23-25(17)4)20-12-16(24(2)3)11-15-9-7-6-8-10-15/h6-10,14,16H,5,11-13H2,1-4H3,(H2,19,20,21). The summed E-state index contributed by atoms with van der Waals surface area (Å²) < 4.78 is 1.74. The average molecular weight is 343 g/mol. The minimum Gasteiger partial charge on any atom is -0.357 e. The number of benzene rings is 1. The lowest BCUT2D eigenvalue weighted by molar-refractivity contribution is 0.290. The van der Waals surface area contributed by atoms with Crippen LogP contribution in [-0.4, -0.2) is 58.9 Å². The van der Waals surface area contributed by atoms with Crippen molar-refractivity contribution in [2.75, 3.05) is 27.2 Å². The summed E-state index contributed by atoms with van der Waals surface area (Å²) in [5.74, 6) is 1.64. The van der Waals surface area contributed by atoms with Gasteiger partial charge in [0.2, 0.25) is 0 Å². The van der Waals surface area contributed by atoms with Crippen LogP contribution in [-0.2, 0) is 20.0 Å². The first-order valence-corrected chi connectivity index (χ1v) is 8.65. The molecule has 2 aromatic rings. The third kappa shape index (κ3) is 6.19. The summed E-state index contributed by atoms with van der Waals surface area (Å²) in [4.78, 5) is 11.1. The molecule has 1 aromatic carbocycles. The topological polar surface area (TPSA) is 70.4 Å². The van der Waals surface area contributed by atoms with E-state index in [1.165, 1.54) is 5.56 Å². The number of guanidine groups is 1. The molecule has 25 heavy (non-hydrogen) atoms. The van der Waals surface area contributed by atoms with Gasteiger partial charge < -0.3 is 15.5 Å². The maximum Gasteiger partial charge on any atom is 0.191 e. The van der Waals surface area contributed by atoms with E-state index in [4.69, 9.17) is 0 Å². The molecular formula is C18H29N7. The summed E-state index contributed by atoms with van der Waals surface area (Å²) in [6.07, 6.45) is 2.54. The van der Waals surface area contributed by atoms with Crippen LogP contribution < -0.4 is 10.6 Å². The fraction of sp³-hybridized carbons (Fsp3) is 0.500. The Morgan fingerprint density at radius 3 is 2.60 bits per heavy atom. The zero-order valence-corrected chi connectivity index (χ0v) is 15.6. The number of hydrogen-bond donors (Lipinski definition) is 2. The van der Waals surface area contributed by atoms with E-state index < -0.39 is 0 Å². The normalized spacial score (nSPS) is 13.1. The molecule has 7 nitrogen and oxygen atoms in total. The van der Waals surface area contributed by atoms with E-state index in [9.17, 15) is 0 Å². The maximum atomic E-state index is 4.61. The van der Waals surface area contributed by atoms with Gasteiger partial charge in [-0.3, -0.25) is 4.68 Å². The quantitative estimate of drug-likeness (QED) is 0.554. The van der Waals surface area contributed by atoms with E-state index in [2.05, 4.69) is 82.0 Å². The Kier molecular flexibility index (Phi) is 7.40. The number of aromatic nitrogens is 3. The summed E-state index contributed by atoms with van der Waals surface area (Å²) in [5.41, 5.74) is 1.34. The lowest BCUT2D eigenvalue weighted by Gasteiger charge is -2.25. The van der Waals surface area contributed by atoms with E-state index in [-0.39, 0.29) is 0 Å². The van der Waals surface area contributed by atoms with Gasteiger partial charge in [0, 0.05) is 26.2 Å². The van der Waals surface area contributed by atoms with Crippen LogP contribution in [0.1, 0.15) is 18.3 Å². The molecule has 0 fully saturated rings. The van der Waals surface area contributed by atoms with Crippen LogP contribution in [0.3, 0.4) is 0 Å². The summed E-state index contributed by atoms with van der Waals surface area (Å²) in [6, 6.07) is 10.9. The molecule has 1 unspecified atom stereocenters. The average Bonchev–Trinajstić information content (AvgIpc) is 3.01. The lowest BCUT2D eigenvalue weighted by atomic mass is 10.1. The highest BCUT2D eigenvalue weighted by Gasteiger charge is 2.13. The third-order valence-corrected chi connectivity index (χ3v) is 4.08. The van der Waals surface area contributed by atoms with Crippen LogP contribution in [0.4, 0.5) is 0 Å². The largest absolute Gasteiger partial charge is 0.357 e. The van der Waals surface area contributed by atoms with Crippen molar-refractivity contribution in [2.24, 2.45) is 12.0 Å². The molecule has 0 radical (unpaired) electrons. The number of nitrogens with zero attached hydrogens (tertiary/aromatic N) is 5. The van der Waals surface area contributed by atoms with E-state index in [0.717, 1.165) is 31.3 Å². The van der Waals surface area contributed by atoms with Crippen molar-refractivity contribution in [3.05, 3.63) is 48.0 Å².